The van der Waals surface area contributed by atoms with Crippen LogP contribution in [0.3, 0.4) is 0 Å². The summed E-state index contributed by atoms with van der Waals surface area (Å²) in [7, 11) is -8.01. The molecular weight excluding hydrogens is 498 g/mol. The van der Waals surface area contributed by atoms with E-state index in [2.05, 4.69) is 5.32 Å². The number of nitrogens with one attached hydrogen (secondary N) is 1. The number of hydrogen-bond donors (Lipinski definition) is 1. The lowest BCUT2D eigenvalue weighted by Gasteiger charge is -2.39. The Labute approximate surface area is 203 Å². The number of anilines is 1. The average Bonchev–Trinajstić information content (AvgIpc) is 2.86. The fourth-order valence-corrected chi connectivity index (χ4v) is 6.94. The Morgan fingerprint density at radius 2 is 1.29 bits per heavy atom. The van der Waals surface area contributed by atoms with Crippen molar-refractivity contribution in [3.63, 3.8) is 0 Å². The molecule has 1 amide bonds. The largest absolute Gasteiger partial charge is 0.323 e. The van der Waals surface area contributed by atoms with Crippen molar-refractivity contribution < 1.29 is 21.6 Å². The van der Waals surface area contributed by atoms with Gasteiger partial charge in [-0.1, -0.05) is 60.1 Å². The first-order valence-electron chi connectivity index (χ1n) is 10.4. The number of amides is 1. The summed E-state index contributed by atoms with van der Waals surface area (Å²) in [5.74, 6) is -0.680. The standard InChI is InChI=1S/C23H22ClN3O5S2/c24-20-13-7-8-14-21(20)25-23(28)22-17-26(33(29,30)18-9-3-1-4-10-18)15-16-27(22)34(31,32)19-11-5-2-6-12-19/h1-14,22H,15-17H2,(H,25,28)/t22-/m0/s1. The van der Waals surface area contributed by atoms with E-state index < -0.39 is 32.0 Å². The third-order valence-corrected chi connectivity index (χ3v) is 9.59. The number of nitrogens with zero attached hydrogens (tertiary/aromatic N) is 2. The molecule has 1 aliphatic heterocycles. The van der Waals surface area contributed by atoms with Gasteiger partial charge in [0.15, 0.2) is 0 Å². The van der Waals surface area contributed by atoms with Crippen molar-refractivity contribution in [1.29, 1.82) is 0 Å². The van der Waals surface area contributed by atoms with Crippen molar-refractivity contribution in [2.24, 2.45) is 0 Å². The summed E-state index contributed by atoms with van der Waals surface area (Å²) in [6.07, 6.45) is 0. The van der Waals surface area contributed by atoms with E-state index in [0.29, 0.717) is 5.69 Å². The second-order valence-corrected chi connectivity index (χ2v) is 11.8. The van der Waals surface area contributed by atoms with Crippen molar-refractivity contribution in [2.45, 2.75) is 15.8 Å². The van der Waals surface area contributed by atoms with Gasteiger partial charge < -0.3 is 5.32 Å². The van der Waals surface area contributed by atoms with Gasteiger partial charge in [-0.3, -0.25) is 4.79 Å². The van der Waals surface area contributed by atoms with E-state index in [1.54, 1.807) is 60.7 Å². The van der Waals surface area contributed by atoms with Gasteiger partial charge in [0.25, 0.3) is 0 Å². The maximum Gasteiger partial charge on any atom is 0.244 e. The van der Waals surface area contributed by atoms with Crippen LogP contribution in [0.4, 0.5) is 5.69 Å². The van der Waals surface area contributed by atoms with Crippen molar-refractivity contribution >= 4 is 43.2 Å². The Morgan fingerprint density at radius 1 is 0.765 bits per heavy atom. The van der Waals surface area contributed by atoms with E-state index in [0.717, 1.165) is 8.61 Å². The van der Waals surface area contributed by atoms with E-state index in [1.807, 2.05) is 0 Å². The lowest BCUT2D eigenvalue weighted by molar-refractivity contribution is -0.120. The predicted molar refractivity (Wildman–Crippen MR) is 129 cm³/mol. The number of rotatable bonds is 6. The SMILES string of the molecule is O=C(Nc1ccccc1Cl)[C@@H]1CN(S(=O)(=O)c2ccccc2)CCN1S(=O)(=O)c1ccccc1. The molecule has 0 radical (unpaired) electrons. The van der Waals surface area contributed by atoms with Gasteiger partial charge >= 0.3 is 0 Å². The number of halogens is 1. The molecule has 3 aromatic rings. The highest BCUT2D eigenvalue weighted by atomic mass is 35.5. The second kappa shape index (κ2) is 9.85. The monoisotopic (exact) mass is 519 g/mol. The Kier molecular flexibility index (Phi) is 7.06. The van der Waals surface area contributed by atoms with Crippen LogP contribution in [-0.2, 0) is 24.8 Å². The van der Waals surface area contributed by atoms with E-state index in [9.17, 15) is 21.6 Å². The van der Waals surface area contributed by atoms with E-state index in [4.69, 9.17) is 11.6 Å². The lowest BCUT2D eigenvalue weighted by Crippen LogP contribution is -2.60. The molecule has 1 saturated heterocycles. The smallest absolute Gasteiger partial charge is 0.244 e. The van der Waals surface area contributed by atoms with E-state index >= 15 is 0 Å². The van der Waals surface area contributed by atoms with E-state index in [-0.39, 0.29) is 34.4 Å². The van der Waals surface area contributed by atoms with Crippen LogP contribution in [0.15, 0.2) is 94.7 Å². The summed E-state index contributed by atoms with van der Waals surface area (Å²) >= 11 is 6.16. The van der Waals surface area contributed by atoms with Crippen LogP contribution in [0.25, 0.3) is 0 Å². The first-order chi connectivity index (χ1) is 16.2. The zero-order valence-corrected chi connectivity index (χ0v) is 20.3. The van der Waals surface area contributed by atoms with Crippen LogP contribution < -0.4 is 5.32 Å². The number of carbonyl (C=O) groups excluding carboxylic acids is 1. The highest BCUT2D eigenvalue weighted by Gasteiger charge is 2.43. The normalized spacial score (nSPS) is 17.9. The molecule has 1 atom stereocenters. The molecular formula is C23H22ClN3O5S2. The summed E-state index contributed by atoms with van der Waals surface area (Å²) < 4.78 is 55.4. The summed E-state index contributed by atoms with van der Waals surface area (Å²) in [6, 6.07) is 20.8. The summed E-state index contributed by atoms with van der Waals surface area (Å²) in [5.41, 5.74) is 0.300. The molecule has 0 aliphatic carbocycles. The number of para-hydroxylation sites is 1. The molecule has 4 rings (SSSR count). The lowest BCUT2D eigenvalue weighted by atomic mass is 10.2. The van der Waals surface area contributed by atoms with Gasteiger partial charge in [-0.25, -0.2) is 16.8 Å². The quantitative estimate of drug-likeness (QED) is 0.539. The molecule has 0 spiro atoms. The van der Waals surface area contributed by atoms with Gasteiger partial charge in [0.1, 0.15) is 6.04 Å². The Morgan fingerprint density at radius 3 is 1.88 bits per heavy atom. The maximum absolute atomic E-state index is 13.4. The minimum Gasteiger partial charge on any atom is -0.323 e. The molecule has 0 bridgehead atoms. The van der Waals surface area contributed by atoms with Gasteiger partial charge in [0, 0.05) is 19.6 Å². The van der Waals surface area contributed by atoms with Crippen molar-refractivity contribution in [1.82, 2.24) is 8.61 Å². The molecule has 0 saturated carbocycles. The second-order valence-electron chi connectivity index (χ2n) is 7.59. The number of piperazine rings is 1. The molecule has 178 valence electrons. The first kappa shape index (κ1) is 24.4. The molecule has 3 aromatic carbocycles. The van der Waals surface area contributed by atoms with Crippen LogP contribution in [0, 0.1) is 0 Å². The minimum absolute atomic E-state index is 0.0184. The van der Waals surface area contributed by atoms with Gasteiger partial charge in [0.2, 0.25) is 26.0 Å². The Hall–Kier alpha value is -2.76. The highest BCUT2D eigenvalue weighted by Crippen LogP contribution is 2.27. The van der Waals surface area contributed by atoms with Crippen molar-refractivity contribution in [2.75, 3.05) is 25.0 Å². The molecule has 1 heterocycles. The van der Waals surface area contributed by atoms with Crippen molar-refractivity contribution in [3.05, 3.63) is 90.0 Å². The molecule has 0 aromatic heterocycles. The first-order valence-corrected chi connectivity index (χ1v) is 13.6. The predicted octanol–water partition coefficient (Wildman–Crippen LogP) is 3.04. The zero-order valence-electron chi connectivity index (χ0n) is 17.9. The fraction of sp³-hybridized carbons (Fsp3) is 0.174. The molecule has 34 heavy (non-hydrogen) atoms. The fourth-order valence-electron chi connectivity index (χ4n) is 3.71. The van der Waals surface area contributed by atoms with Gasteiger partial charge in [-0.05, 0) is 36.4 Å². The molecule has 8 nitrogen and oxygen atoms in total. The van der Waals surface area contributed by atoms with Crippen LogP contribution in [0.5, 0.6) is 0 Å². The third-order valence-electron chi connectivity index (χ3n) is 5.46. The average molecular weight is 520 g/mol. The summed E-state index contributed by atoms with van der Waals surface area (Å²) in [4.78, 5) is 13.4. The number of benzene rings is 3. The van der Waals surface area contributed by atoms with Crippen LogP contribution in [-0.4, -0.2) is 57.0 Å². The molecule has 11 heteroatoms. The molecule has 0 unspecified atom stereocenters. The van der Waals surface area contributed by atoms with Gasteiger partial charge in [0.05, 0.1) is 20.5 Å². The number of hydrogen-bond acceptors (Lipinski definition) is 5. The Balaban J connectivity index is 1.70. The number of sulfonamides is 2. The van der Waals surface area contributed by atoms with Crippen LogP contribution in [0.1, 0.15) is 0 Å². The maximum atomic E-state index is 13.4. The minimum atomic E-state index is -4.07. The summed E-state index contributed by atoms with van der Waals surface area (Å²) in [6.45, 7) is -0.636. The molecule has 1 fully saturated rings. The Bertz CT molecular complexity index is 1380. The summed E-state index contributed by atoms with van der Waals surface area (Å²) in [5, 5.41) is 2.92. The third kappa shape index (κ3) is 4.86. The van der Waals surface area contributed by atoms with Gasteiger partial charge in [-0.2, -0.15) is 8.61 Å². The highest BCUT2D eigenvalue weighted by molar-refractivity contribution is 7.89. The topological polar surface area (TPSA) is 104 Å². The zero-order chi connectivity index (χ0) is 24.3. The van der Waals surface area contributed by atoms with Crippen LogP contribution >= 0.6 is 11.6 Å². The van der Waals surface area contributed by atoms with E-state index in [1.165, 1.54) is 24.3 Å². The molecule has 1 aliphatic rings. The van der Waals surface area contributed by atoms with Gasteiger partial charge in [-0.15, -0.1) is 0 Å². The van der Waals surface area contributed by atoms with Crippen LogP contribution in [0.2, 0.25) is 5.02 Å². The number of carbonyl (C=O) groups is 1. The van der Waals surface area contributed by atoms with Crippen molar-refractivity contribution in [3.8, 4) is 0 Å². The molecule has 1 N–H and O–H groups in total.